The third-order valence-corrected chi connectivity index (χ3v) is 2.41. The Hall–Kier alpha value is -1.46. The fourth-order valence-corrected chi connectivity index (χ4v) is 1.45. The number of rotatable bonds is 6. The summed E-state index contributed by atoms with van der Waals surface area (Å²) in [5.41, 5.74) is 6.40. The van der Waals surface area contributed by atoms with E-state index >= 15 is 0 Å². The van der Waals surface area contributed by atoms with Crippen molar-refractivity contribution in [3.63, 3.8) is 0 Å². The molecule has 5 nitrogen and oxygen atoms in total. The van der Waals surface area contributed by atoms with Crippen molar-refractivity contribution in [1.29, 1.82) is 0 Å². The van der Waals surface area contributed by atoms with Crippen LogP contribution < -0.4 is 20.5 Å². The van der Waals surface area contributed by atoms with Crippen molar-refractivity contribution in [2.24, 2.45) is 5.73 Å². The quantitative estimate of drug-likeness (QED) is 0.831. The number of hydrogen-bond donors (Lipinski definition) is 2. The van der Waals surface area contributed by atoms with Crippen LogP contribution in [0, 0.1) is 0 Å². The van der Waals surface area contributed by atoms with E-state index in [1.165, 1.54) is 0 Å². The molecule has 0 aliphatic heterocycles. The van der Waals surface area contributed by atoms with Gasteiger partial charge < -0.3 is 20.5 Å². The van der Waals surface area contributed by atoms with Crippen LogP contribution in [0.2, 0.25) is 0 Å². The summed E-state index contributed by atoms with van der Waals surface area (Å²) < 4.78 is 10.6. The number of halogens is 1. The Morgan fingerprint density at radius 1 is 1.42 bits per heavy atom. The maximum Gasteiger partial charge on any atom is 0.236 e. The van der Waals surface area contributed by atoms with Crippen molar-refractivity contribution in [3.8, 4) is 11.5 Å². The highest BCUT2D eigenvalue weighted by atomic mass is 35.5. The molecular weight excluding hydrogens is 268 g/mol. The van der Waals surface area contributed by atoms with Crippen LogP contribution in [0.3, 0.4) is 0 Å². The first-order chi connectivity index (χ1) is 8.58. The highest BCUT2D eigenvalue weighted by Gasteiger charge is 2.08. The van der Waals surface area contributed by atoms with Gasteiger partial charge in [0.05, 0.1) is 19.8 Å². The molecule has 6 heteroatoms. The van der Waals surface area contributed by atoms with Gasteiger partial charge in [-0.3, -0.25) is 4.79 Å². The first-order valence-electron chi connectivity index (χ1n) is 5.91. The molecule has 108 valence electrons. The SMILES string of the molecule is CCOc1cc(CNC(=O)[C@H](C)N)ccc1OC.Cl. The summed E-state index contributed by atoms with van der Waals surface area (Å²) in [5.74, 6) is 1.18. The third kappa shape index (κ3) is 5.36. The number of hydrogen-bond acceptors (Lipinski definition) is 4. The highest BCUT2D eigenvalue weighted by molar-refractivity contribution is 5.85. The van der Waals surface area contributed by atoms with Crippen LogP contribution >= 0.6 is 12.4 Å². The molecule has 1 aromatic carbocycles. The van der Waals surface area contributed by atoms with Crippen LogP contribution in [0.25, 0.3) is 0 Å². The average Bonchev–Trinajstić information content (AvgIpc) is 2.36. The van der Waals surface area contributed by atoms with Crippen molar-refractivity contribution < 1.29 is 14.3 Å². The van der Waals surface area contributed by atoms with Crippen molar-refractivity contribution >= 4 is 18.3 Å². The molecule has 0 bridgehead atoms. The lowest BCUT2D eigenvalue weighted by Gasteiger charge is -2.12. The molecule has 1 atom stereocenters. The minimum atomic E-state index is -0.505. The number of amides is 1. The fraction of sp³-hybridized carbons (Fsp3) is 0.462. The monoisotopic (exact) mass is 288 g/mol. The van der Waals surface area contributed by atoms with Gasteiger partial charge in [0.2, 0.25) is 5.91 Å². The lowest BCUT2D eigenvalue weighted by Crippen LogP contribution is -2.37. The maximum absolute atomic E-state index is 11.4. The molecule has 0 fully saturated rings. The molecule has 0 unspecified atom stereocenters. The molecule has 0 aromatic heterocycles. The van der Waals surface area contributed by atoms with E-state index in [1.807, 2.05) is 25.1 Å². The van der Waals surface area contributed by atoms with Gasteiger partial charge in [-0.25, -0.2) is 0 Å². The van der Waals surface area contributed by atoms with E-state index in [1.54, 1.807) is 14.0 Å². The molecule has 0 heterocycles. The van der Waals surface area contributed by atoms with Gasteiger partial charge in [0, 0.05) is 6.54 Å². The molecule has 3 N–H and O–H groups in total. The number of methoxy groups -OCH3 is 1. The molecule has 0 spiro atoms. The number of carbonyl (C=O) groups excluding carboxylic acids is 1. The second kappa shape index (κ2) is 8.61. The fourth-order valence-electron chi connectivity index (χ4n) is 1.45. The average molecular weight is 289 g/mol. The van der Waals surface area contributed by atoms with E-state index in [0.717, 1.165) is 5.56 Å². The molecule has 0 aliphatic rings. The Morgan fingerprint density at radius 2 is 2.11 bits per heavy atom. The number of nitrogens with one attached hydrogen (secondary N) is 1. The number of ether oxygens (including phenoxy) is 2. The van der Waals surface area contributed by atoms with Gasteiger partial charge in [-0.2, -0.15) is 0 Å². The summed E-state index contributed by atoms with van der Waals surface area (Å²) in [6.07, 6.45) is 0. The molecule has 0 saturated carbocycles. The Bertz CT molecular complexity index is 411. The molecule has 0 aliphatic carbocycles. The van der Waals surface area contributed by atoms with Crippen LogP contribution in [0.15, 0.2) is 18.2 Å². The van der Waals surface area contributed by atoms with Crippen LogP contribution in [-0.4, -0.2) is 25.7 Å². The summed E-state index contributed by atoms with van der Waals surface area (Å²) >= 11 is 0. The van der Waals surface area contributed by atoms with Crippen LogP contribution in [0.5, 0.6) is 11.5 Å². The zero-order valence-electron chi connectivity index (χ0n) is 11.4. The topological polar surface area (TPSA) is 73.6 Å². The molecular formula is C13H21ClN2O3. The third-order valence-electron chi connectivity index (χ3n) is 2.41. The number of benzene rings is 1. The number of nitrogens with two attached hydrogens (primary N) is 1. The van der Waals surface area contributed by atoms with E-state index in [-0.39, 0.29) is 18.3 Å². The van der Waals surface area contributed by atoms with E-state index in [0.29, 0.717) is 24.7 Å². The minimum Gasteiger partial charge on any atom is -0.493 e. The standard InChI is InChI=1S/C13H20N2O3.ClH/c1-4-18-12-7-10(5-6-11(12)17-3)8-15-13(16)9(2)14;/h5-7,9H,4,8,14H2,1-3H3,(H,15,16);1H/t9-;/m0./s1. The van der Waals surface area contributed by atoms with Crippen molar-refractivity contribution in [3.05, 3.63) is 23.8 Å². The van der Waals surface area contributed by atoms with Gasteiger partial charge in [-0.05, 0) is 31.5 Å². The second-order valence-corrected chi connectivity index (χ2v) is 3.92. The maximum atomic E-state index is 11.4. The van der Waals surface area contributed by atoms with Gasteiger partial charge >= 0.3 is 0 Å². The zero-order chi connectivity index (χ0) is 13.5. The summed E-state index contributed by atoms with van der Waals surface area (Å²) in [6, 6.07) is 5.04. The molecule has 1 rings (SSSR count). The Balaban J connectivity index is 0.00000324. The molecule has 1 aromatic rings. The minimum absolute atomic E-state index is 0. The van der Waals surface area contributed by atoms with Gasteiger partial charge in [-0.15, -0.1) is 12.4 Å². The van der Waals surface area contributed by atoms with Gasteiger partial charge in [-0.1, -0.05) is 6.07 Å². The molecule has 1 amide bonds. The van der Waals surface area contributed by atoms with Gasteiger partial charge in [0.15, 0.2) is 11.5 Å². The molecule has 0 radical (unpaired) electrons. The summed E-state index contributed by atoms with van der Waals surface area (Å²) in [6.45, 7) is 4.54. The Kier molecular flexibility index (Phi) is 7.95. The van der Waals surface area contributed by atoms with Crippen LogP contribution in [0.4, 0.5) is 0 Å². The second-order valence-electron chi connectivity index (χ2n) is 3.92. The lowest BCUT2D eigenvalue weighted by molar-refractivity contribution is -0.122. The normalized spacial score (nSPS) is 11.2. The van der Waals surface area contributed by atoms with Crippen LogP contribution in [-0.2, 0) is 11.3 Å². The lowest BCUT2D eigenvalue weighted by atomic mass is 10.2. The summed E-state index contributed by atoms with van der Waals surface area (Å²) in [5, 5.41) is 2.74. The zero-order valence-corrected chi connectivity index (χ0v) is 12.3. The van der Waals surface area contributed by atoms with Crippen molar-refractivity contribution in [1.82, 2.24) is 5.32 Å². The van der Waals surface area contributed by atoms with Gasteiger partial charge in [0.1, 0.15) is 0 Å². The first kappa shape index (κ1) is 17.5. The Morgan fingerprint density at radius 3 is 2.63 bits per heavy atom. The van der Waals surface area contributed by atoms with E-state index in [9.17, 15) is 4.79 Å². The van der Waals surface area contributed by atoms with E-state index in [4.69, 9.17) is 15.2 Å². The molecule has 19 heavy (non-hydrogen) atoms. The smallest absolute Gasteiger partial charge is 0.236 e. The number of carbonyl (C=O) groups is 1. The van der Waals surface area contributed by atoms with Crippen molar-refractivity contribution in [2.75, 3.05) is 13.7 Å². The predicted molar refractivity (Wildman–Crippen MR) is 76.9 cm³/mol. The van der Waals surface area contributed by atoms with E-state index < -0.39 is 6.04 Å². The predicted octanol–water partition coefficient (Wildman–Crippen LogP) is 1.48. The summed E-state index contributed by atoms with van der Waals surface area (Å²) in [7, 11) is 1.59. The van der Waals surface area contributed by atoms with Crippen LogP contribution in [0.1, 0.15) is 19.4 Å². The van der Waals surface area contributed by atoms with Crippen molar-refractivity contribution in [2.45, 2.75) is 26.4 Å². The van der Waals surface area contributed by atoms with E-state index in [2.05, 4.69) is 5.32 Å². The molecule has 0 saturated heterocycles. The summed E-state index contributed by atoms with van der Waals surface area (Å²) in [4.78, 5) is 11.4. The van der Waals surface area contributed by atoms with Gasteiger partial charge in [0.25, 0.3) is 0 Å². The first-order valence-corrected chi connectivity index (χ1v) is 5.91. The largest absolute Gasteiger partial charge is 0.493 e. The Labute approximate surface area is 119 Å². The highest BCUT2D eigenvalue weighted by Crippen LogP contribution is 2.27.